The van der Waals surface area contributed by atoms with Crippen molar-refractivity contribution in [2.75, 3.05) is 13.6 Å². The summed E-state index contributed by atoms with van der Waals surface area (Å²) in [6, 6.07) is 8.24. The van der Waals surface area contributed by atoms with Crippen molar-refractivity contribution >= 4 is 0 Å². The molecule has 0 aliphatic heterocycles. The second kappa shape index (κ2) is 4.90. The van der Waals surface area contributed by atoms with E-state index in [1.807, 2.05) is 30.1 Å². The lowest BCUT2D eigenvalue weighted by Gasteiger charge is -1.99. The van der Waals surface area contributed by atoms with Gasteiger partial charge in [-0.2, -0.15) is 0 Å². The van der Waals surface area contributed by atoms with Crippen LogP contribution in [0.25, 0.3) is 5.69 Å². The average Bonchev–Trinajstić information content (AvgIpc) is 2.76. The molecule has 0 unspecified atom stereocenters. The number of aromatic nitrogens is 3. The summed E-state index contributed by atoms with van der Waals surface area (Å²) in [7, 11) is 1.93. The molecule has 84 valence electrons. The molecule has 0 aliphatic rings. The second-order valence-electron chi connectivity index (χ2n) is 3.84. The van der Waals surface area contributed by atoms with Gasteiger partial charge < -0.3 is 5.32 Å². The van der Waals surface area contributed by atoms with Gasteiger partial charge in [0.2, 0.25) is 0 Å². The molecule has 0 fully saturated rings. The van der Waals surface area contributed by atoms with Crippen molar-refractivity contribution in [1.29, 1.82) is 0 Å². The van der Waals surface area contributed by atoms with E-state index in [1.165, 1.54) is 5.56 Å². The highest BCUT2D eigenvalue weighted by molar-refractivity contribution is 5.33. The van der Waals surface area contributed by atoms with E-state index in [-0.39, 0.29) is 0 Å². The zero-order valence-electron chi connectivity index (χ0n) is 9.64. The molecule has 0 spiro atoms. The molecule has 0 radical (unpaired) electrons. The Bertz CT molecular complexity index is 444. The zero-order valence-corrected chi connectivity index (χ0v) is 9.64. The van der Waals surface area contributed by atoms with Gasteiger partial charge in [-0.15, -0.1) is 5.10 Å². The summed E-state index contributed by atoms with van der Waals surface area (Å²) in [5.74, 6) is 0. The van der Waals surface area contributed by atoms with Crippen LogP contribution in [-0.4, -0.2) is 28.6 Å². The Labute approximate surface area is 95.3 Å². The van der Waals surface area contributed by atoms with E-state index in [2.05, 4.69) is 34.7 Å². The summed E-state index contributed by atoms with van der Waals surface area (Å²) in [5.41, 5.74) is 3.31. The molecule has 0 atom stereocenters. The molecule has 4 nitrogen and oxygen atoms in total. The highest BCUT2D eigenvalue weighted by Gasteiger charge is 2.01. The van der Waals surface area contributed by atoms with Crippen LogP contribution in [0, 0.1) is 6.92 Å². The predicted molar refractivity (Wildman–Crippen MR) is 63.7 cm³/mol. The maximum absolute atomic E-state index is 4.13. The molecule has 0 bridgehead atoms. The lowest BCUT2D eigenvalue weighted by Crippen LogP contribution is -2.10. The number of likely N-dealkylation sites (N-methyl/N-ethyl adjacent to an activating group) is 1. The minimum Gasteiger partial charge on any atom is -0.319 e. The van der Waals surface area contributed by atoms with Crippen molar-refractivity contribution in [2.24, 2.45) is 0 Å². The topological polar surface area (TPSA) is 42.7 Å². The van der Waals surface area contributed by atoms with Gasteiger partial charge in [0, 0.05) is 13.0 Å². The Morgan fingerprint density at radius 2 is 2.00 bits per heavy atom. The molecule has 1 heterocycles. The first-order chi connectivity index (χ1) is 7.79. The van der Waals surface area contributed by atoms with E-state index in [0.29, 0.717) is 0 Å². The van der Waals surface area contributed by atoms with Crippen LogP contribution in [0.5, 0.6) is 0 Å². The minimum atomic E-state index is 0.905. The highest BCUT2D eigenvalue weighted by atomic mass is 15.4. The molecule has 16 heavy (non-hydrogen) atoms. The molecular formula is C12H16N4. The number of nitrogens with zero attached hydrogens (tertiary/aromatic N) is 3. The fourth-order valence-corrected chi connectivity index (χ4v) is 1.49. The van der Waals surface area contributed by atoms with Gasteiger partial charge in [0.05, 0.1) is 17.6 Å². The predicted octanol–water partition coefficient (Wildman–Crippen LogP) is 1.34. The van der Waals surface area contributed by atoms with Crippen LogP contribution in [0.3, 0.4) is 0 Å². The monoisotopic (exact) mass is 216 g/mol. The van der Waals surface area contributed by atoms with Crippen LogP contribution in [0.2, 0.25) is 0 Å². The SMILES string of the molecule is CNCCc1cn(-c2ccc(C)cc2)nn1. The first-order valence-electron chi connectivity index (χ1n) is 5.42. The largest absolute Gasteiger partial charge is 0.319 e. The van der Waals surface area contributed by atoms with Crippen molar-refractivity contribution in [2.45, 2.75) is 13.3 Å². The number of hydrogen-bond donors (Lipinski definition) is 1. The van der Waals surface area contributed by atoms with Crippen LogP contribution in [-0.2, 0) is 6.42 Å². The summed E-state index contributed by atoms with van der Waals surface area (Å²) in [4.78, 5) is 0. The van der Waals surface area contributed by atoms with Gasteiger partial charge in [0.15, 0.2) is 0 Å². The molecular weight excluding hydrogens is 200 g/mol. The Balaban J connectivity index is 2.15. The van der Waals surface area contributed by atoms with Crippen LogP contribution in [0.1, 0.15) is 11.3 Å². The Kier molecular flexibility index (Phi) is 3.31. The summed E-state index contributed by atoms with van der Waals surface area (Å²) in [6.07, 6.45) is 2.88. The third-order valence-electron chi connectivity index (χ3n) is 2.47. The molecule has 2 aromatic rings. The van der Waals surface area contributed by atoms with Gasteiger partial charge in [-0.3, -0.25) is 0 Å². The van der Waals surface area contributed by atoms with Crippen molar-refractivity contribution < 1.29 is 0 Å². The van der Waals surface area contributed by atoms with E-state index < -0.39 is 0 Å². The first kappa shape index (κ1) is 10.8. The molecule has 0 saturated carbocycles. The molecule has 0 saturated heterocycles. The number of hydrogen-bond acceptors (Lipinski definition) is 3. The normalized spacial score (nSPS) is 10.6. The smallest absolute Gasteiger partial charge is 0.0844 e. The van der Waals surface area contributed by atoms with Crippen LogP contribution >= 0.6 is 0 Å². The van der Waals surface area contributed by atoms with E-state index >= 15 is 0 Å². The number of rotatable bonds is 4. The molecule has 1 aromatic heterocycles. The second-order valence-corrected chi connectivity index (χ2v) is 3.84. The maximum atomic E-state index is 4.13. The molecule has 1 N–H and O–H groups in total. The lowest BCUT2D eigenvalue weighted by atomic mass is 10.2. The molecule has 0 aliphatic carbocycles. The fraction of sp³-hybridized carbons (Fsp3) is 0.333. The maximum Gasteiger partial charge on any atom is 0.0844 e. The van der Waals surface area contributed by atoms with Gasteiger partial charge >= 0.3 is 0 Å². The minimum absolute atomic E-state index is 0.905. The van der Waals surface area contributed by atoms with Crippen molar-refractivity contribution in [3.05, 3.63) is 41.7 Å². The summed E-state index contributed by atoms with van der Waals surface area (Å²) < 4.78 is 1.81. The third kappa shape index (κ3) is 2.46. The third-order valence-corrected chi connectivity index (χ3v) is 2.47. The molecule has 2 rings (SSSR count). The van der Waals surface area contributed by atoms with Crippen molar-refractivity contribution in [1.82, 2.24) is 20.3 Å². The molecule has 4 heteroatoms. The Morgan fingerprint density at radius 3 is 2.69 bits per heavy atom. The van der Waals surface area contributed by atoms with E-state index in [1.54, 1.807) is 0 Å². The van der Waals surface area contributed by atoms with Crippen molar-refractivity contribution in [3.8, 4) is 5.69 Å². The standard InChI is InChI=1S/C12H16N4/c1-10-3-5-12(6-4-10)16-9-11(14-15-16)7-8-13-2/h3-6,9,13H,7-8H2,1-2H3. The Morgan fingerprint density at radius 1 is 1.25 bits per heavy atom. The summed E-state index contributed by atoms with van der Waals surface area (Å²) in [5, 5.41) is 11.3. The van der Waals surface area contributed by atoms with Crippen LogP contribution in [0.4, 0.5) is 0 Å². The van der Waals surface area contributed by atoms with Crippen LogP contribution in [0.15, 0.2) is 30.5 Å². The van der Waals surface area contributed by atoms with Gasteiger partial charge in [0.1, 0.15) is 0 Å². The van der Waals surface area contributed by atoms with Gasteiger partial charge in [-0.05, 0) is 26.1 Å². The average molecular weight is 216 g/mol. The van der Waals surface area contributed by atoms with E-state index in [0.717, 1.165) is 24.3 Å². The number of benzene rings is 1. The Hall–Kier alpha value is -1.68. The molecule has 1 aromatic carbocycles. The van der Waals surface area contributed by atoms with Gasteiger partial charge in [-0.1, -0.05) is 22.9 Å². The summed E-state index contributed by atoms with van der Waals surface area (Å²) in [6.45, 7) is 3.00. The first-order valence-corrected chi connectivity index (χ1v) is 5.42. The van der Waals surface area contributed by atoms with Gasteiger partial charge in [0.25, 0.3) is 0 Å². The van der Waals surface area contributed by atoms with Crippen molar-refractivity contribution in [3.63, 3.8) is 0 Å². The molecule has 0 amide bonds. The summed E-state index contributed by atoms with van der Waals surface area (Å²) >= 11 is 0. The van der Waals surface area contributed by atoms with Crippen LogP contribution < -0.4 is 5.32 Å². The fourth-order valence-electron chi connectivity index (χ4n) is 1.49. The van der Waals surface area contributed by atoms with E-state index in [4.69, 9.17) is 0 Å². The van der Waals surface area contributed by atoms with E-state index in [9.17, 15) is 0 Å². The van der Waals surface area contributed by atoms with Gasteiger partial charge in [-0.25, -0.2) is 4.68 Å². The number of nitrogens with one attached hydrogen (secondary N) is 1. The zero-order chi connectivity index (χ0) is 11.4. The highest BCUT2D eigenvalue weighted by Crippen LogP contribution is 2.08. The number of aryl methyl sites for hydroxylation is 1. The quantitative estimate of drug-likeness (QED) is 0.838. The lowest BCUT2D eigenvalue weighted by molar-refractivity contribution is 0.763.